The van der Waals surface area contributed by atoms with Crippen LogP contribution in [0.5, 0.6) is 5.75 Å². The van der Waals surface area contributed by atoms with E-state index in [2.05, 4.69) is 5.32 Å². The van der Waals surface area contributed by atoms with Crippen LogP contribution in [0.3, 0.4) is 0 Å². The molecule has 0 bridgehead atoms. The van der Waals surface area contributed by atoms with Crippen molar-refractivity contribution in [1.29, 1.82) is 0 Å². The van der Waals surface area contributed by atoms with Crippen LogP contribution in [-0.2, 0) is 14.3 Å². The van der Waals surface area contributed by atoms with Crippen LogP contribution >= 0.6 is 0 Å². The minimum atomic E-state index is -0.891. The monoisotopic (exact) mass is 371 g/mol. The first kappa shape index (κ1) is 19.8. The first-order chi connectivity index (χ1) is 12.9. The summed E-state index contributed by atoms with van der Waals surface area (Å²) in [5, 5.41) is 2.37. The highest BCUT2D eigenvalue weighted by atomic mass is 19.1. The Hall–Kier alpha value is -3.48. The number of Topliss-reactive ketones (excluding diaryl/α,β-unsaturated/α-hetero) is 1. The molecular formula is C20H18FNO5. The Kier molecular flexibility index (Phi) is 6.82. The average Bonchev–Trinajstić information content (AvgIpc) is 2.65. The second-order valence-electron chi connectivity index (χ2n) is 5.49. The summed E-state index contributed by atoms with van der Waals surface area (Å²) in [5.74, 6) is -2.45. The highest BCUT2D eigenvalue weighted by molar-refractivity contribution is 6.02. The van der Waals surface area contributed by atoms with Gasteiger partial charge in [0, 0.05) is 6.92 Å². The number of nitrogens with one attached hydrogen (secondary N) is 1. The predicted octanol–water partition coefficient (Wildman–Crippen LogP) is 2.74. The van der Waals surface area contributed by atoms with Crippen molar-refractivity contribution >= 4 is 23.7 Å². The average molecular weight is 371 g/mol. The molecule has 0 aliphatic carbocycles. The quantitative estimate of drug-likeness (QED) is 0.460. The third-order valence-corrected chi connectivity index (χ3v) is 3.44. The van der Waals surface area contributed by atoms with Gasteiger partial charge in [0.1, 0.15) is 17.3 Å². The smallest absolute Gasteiger partial charge is 0.355 e. The van der Waals surface area contributed by atoms with Crippen LogP contribution in [0, 0.1) is 5.82 Å². The molecule has 0 aromatic heterocycles. The topological polar surface area (TPSA) is 81.7 Å². The zero-order chi connectivity index (χ0) is 19.8. The number of halogens is 1. The normalized spacial score (nSPS) is 10.9. The molecule has 0 atom stereocenters. The zero-order valence-corrected chi connectivity index (χ0v) is 14.8. The van der Waals surface area contributed by atoms with Gasteiger partial charge in [-0.05, 0) is 29.8 Å². The summed E-state index contributed by atoms with van der Waals surface area (Å²) in [6.07, 6.45) is 1.43. The lowest BCUT2D eigenvalue weighted by Gasteiger charge is -2.10. The number of esters is 1. The minimum Gasteiger partial charge on any atom is -0.496 e. The summed E-state index contributed by atoms with van der Waals surface area (Å²) in [7, 11) is 1.34. The second kappa shape index (κ2) is 9.28. The van der Waals surface area contributed by atoms with Gasteiger partial charge < -0.3 is 14.8 Å². The Bertz CT molecular complexity index is 877. The molecule has 0 radical (unpaired) electrons. The fourth-order valence-electron chi connectivity index (χ4n) is 2.24. The van der Waals surface area contributed by atoms with Gasteiger partial charge in [-0.2, -0.15) is 0 Å². The summed E-state index contributed by atoms with van der Waals surface area (Å²) < 4.78 is 23.4. The maximum absolute atomic E-state index is 13.4. The molecule has 0 unspecified atom stereocenters. The number of ether oxygens (including phenoxy) is 2. The van der Waals surface area contributed by atoms with Gasteiger partial charge in [0.25, 0.3) is 0 Å². The predicted molar refractivity (Wildman–Crippen MR) is 96.5 cm³/mol. The lowest BCUT2D eigenvalue weighted by atomic mass is 10.1. The Morgan fingerprint density at radius 3 is 2.44 bits per heavy atom. The van der Waals surface area contributed by atoms with E-state index in [1.165, 1.54) is 26.2 Å². The van der Waals surface area contributed by atoms with Crippen molar-refractivity contribution < 1.29 is 28.2 Å². The third kappa shape index (κ3) is 5.78. The Balaban J connectivity index is 2.14. The van der Waals surface area contributed by atoms with E-state index < -0.39 is 30.1 Å². The standard InChI is InChI=1S/C20H18FNO5/c1-13(23)22-17(10-14-6-4-3-5-7-14)20(25)27-12-18(24)16-11-15(21)8-9-19(16)26-2/h3-11H,12H2,1-2H3,(H,22,23). The van der Waals surface area contributed by atoms with Gasteiger partial charge in [-0.3, -0.25) is 9.59 Å². The molecule has 0 spiro atoms. The van der Waals surface area contributed by atoms with E-state index in [1.807, 2.05) is 0 Å². The first-order valence-electron chi connectivity index (χ1n) is 7.99. The second-order valence-corrected chi connectivity index (χ2v) is 5.49. The molecule has 0 saturated carbocycles. The molecule has 140 valence electrons. The van der Waals surface area contributed by atoms with Crippen molar-refractivity contribution in [3.05, 3.63) is 71.2 Å². The number of rotatable bonds is 7. The third-order valence-electron chi connectivity index (χ3n) is 3.44. The molecule has 0 aliphatic rings. The maximum Gasteiger partial charge on any atom is 0.355 e. The fraction of sp³-hybridized carbons (Fsp3) is 0.150. The first-order valence-corrected chi connectivity index (χ1v) is 7.99. The van der Waals surface area contributed by atoms with E-state index in [0.29, 0.717) is 5.56 Å². The molecule has 1 amide bonds. The van der Waals surface area contributed by atoms with E-state index in [0.717, 1.165) is 12.1 Å². The van der Waals surface area contributed by atoms with Crippen molar-refractivity contribution in [3.63, 3.8) is 0 Å². The Labute approximate surface area is 155 Å². The number of benzene rings is 2. The fourth-order valence-corrected chi connectivity index (χ4v) is 2.24. The maximum atomic E-state index is 13.4. The van der Waals surface area contributed by atoms with Crippen molar-refractivity contribution in [2.24, 2.45) is 0 Å². The molecule has 2 rings (SSSR count). The van der Waals surface area contributed by atoms with Crippen LogP contribution in [0.15, 0.2) is 54.2 Å². The number of methoxy groups -OCH3 is 1. The van der Waals surface area contributed by atoms with E-state index >= 15 is 0 Å². The lowest BCUT2D eigenvalue weighted by Crippen LogP contribution is -2.27. The van der Waals surface area contributed by atoms with Gasteiger partial charge in [0.05, 0.1) is 12.7 Å². The summed E-state index contributed by atoms with van der Waals surface area (Å²) in [4.78, 5) is 35.9. The molecule has 1 N–H and O–H groups in total. The van der Waals surface area contributed by atoms with E-state index in [4.69, 9.17) is 9.47 Å². The largest absolute Gasteiger partial charge is 0.496 e. The van der Waals surface area contributed by atoms with E-state index in [9.17, 15) is 18.8 Å². The highest BCUT2D eigenvalue weighted by Gasteiger charge is 2.18. The SMILES string of the molecule is COc1ccc(F)cc1C(=O)COC(=O)C(=Cc1ccccc1)NC(C)=O. The van der Waals surface area contributed by atoms with E-state index in [-0.39, 0.29) is 17.0 Å². The molecule has 2 aromatic carbocycles. The van der Waals surface area contributed by atoms with Crippen LogP contribution in [0.4, 0.5) is 4.39 Å². The number of carbonyl (C=O) groups is 3. The molecule has 0 fully saturated rings. The molecule has 2 aromatic rings. The van der Waals surface area contributed by atoms with Crippen LogP contribution in [0.2, 0.25) is 0 Å². The minimum absolute atomic E-state index is 0.0431. The zero-order valence-electron chi connectivity index (χ0n) is 14.8. The van der Waals surface area contributed by atoms with Crippen molar-refractivity contribution in [1.82, 2.24) is 5.32 Å². The Morgan fingerprint density at radius 2 is 1.81 bits per heavy atom. The number of amides is 1. The van der Waals surface area contributed by atoms with Gasteiger partial charge in [-0.15, -0.1) is 0 Å². The molecule has 0 heterocycles. The van der Waals surface area contributed by atoms with Gasteiger partial charge in [-0.1, -0.05) is 30.3 Å². The number of hydrogen-bond donors (Lipinski definition) is 1. The van der Waals surface area contributed by atoms with Crippen molar-refractivity contribution in [3.8, 4) is 5.75 Å². The molecule has 27 heavy (non-hydrogen) atoms. The van der Waals surface area contributed by atoms with Crippen molar-refractivity contribution in [2.75, 3.05) is 13.7 Å². The van der Waals surface area contributed by atoms with Crippen LogP contribution in [0.1, 0.15) is 22.8 Å². The molecule has 7 heteroatoms. The van der Waals surface area contributed by atoms with Gasteiger partial charge >= 0.3 is 5.97 Å². The summed E-state index contributed by atoms with van der Waals surface area (Å²) >= 11 is 0. The molecule has 0 saturated heterocycles. The molecule has 0 aliphatic heterocycles. The molecular weight excluding hydrogens is 353 g/mol. The van der Waals surface area contributed by atoms with Gasteiger partial charge in [0.15, 0.2) is 6.61 Å². The number of hydrogen-bond acceptors (Lipinski definition) is 5. The van der Waals surface area contributed by atoms with Gasteiger partial charge in [0.2, 0.25) is 11.7 Å². The summed E-state index contributed by atoms with van der Waals surface area (Å²) in [6.45, 7) is 0.610. The van der Waals surface area contributed by atoms with Crippen molar-refractivity contribution in [2.45, 2.75) is 6.92 Å². The highest BCUT2D eigenvalue weighted by Crippen LogP contribution is 2.20. The lowest BCUT2D eigenvalue weighted by molar-refractivity contribution is -0.139. The van der Waals surface area contributed by atoms with Crippen LogP contribution < -0.4 is 10.1 Å². The van der Waals surface area contributed by atoms with E-state index in [1.54, 1.807) is 30.3 Å². The number of carbonyl (C=O) groups excluding carboxylic acids is 3. The summed E-state index contributed by atoms with van der Waals surface area (Å²) in [5.41, 5.74) is 0.502. The van der Waals surface area contributed by atoms with Gasteiger partial charge in [-0.25, -0.2) is 9.18 Å². The summed E-state index contributed by atoms with van der Waals surface area (Å²) in [6, 6.07) is 12.3. The van der Waals surface area contributed by atoms with Crippen LogP contribution in [-0.4, -0.2) is 31.4 Å². The molecule has 6 nitrogen and oxygen atoms in total. The number of ketones is 1. The Morgan fingerprint density at radius 1 is 1.11 bits per heavy atom. The van der Waals surface area contributed by atoms with Crippen LogP contribution in [0.25, 0.3) is 6.08 Å².